The molecular formula is C9H13N3O3S. The molecule has 0 aliphatic carbocycles. The van der Waals surface area contributed by atoms with Crippen molar-refractivity contribution < 1.29 is 15.0 Å². The first-order valence-electron chi connectivity index (χ1n) is 4.91. The van der Waals surface area contributed by atoms with Crippen molar-refractivity contribution in [1.82, 2.24) is 9.88 Å². The summed E-state index contributed by atoms with van der Waals surface area (Å²) < 4.78 is 0. The molecule has 4 N–H and O–H groups in total. The predicted molar refractivity (Wildman–Crippen MR) is 57.9 cm³/mol. The van der Waals surface area contributed by atoms with Gasteiger partial charge in [-0.05, 0) is 0 Å². The molecule has 7 heteroatoms. The van der Waals surface area contributed by atoms with Crippen LogP contribution in [0.15, 0.2) is 5.38 Å². The highest BCUT2D eigenvalue weighted by Crippen LogP contribution is 2.16. The Labute approximate surface area is 96.3 Å². The average Bonchev–Trinajstić information content (AvgIpc) is 2.86. The monoisotopic (exact) mass is 243 g/mol. The number of nitrogens with zero attached hydrogens (tertiary/aromatic N) is 2. The van der Waals surface area contributed by atoms with E-state index in [1.807, 2.05) is 0 Å². The van der Waals surface area contributed by atoms with Crippen LogP contribution in [0.2, 0.25) is 0 Å². The highest BCUT2D eigenvalue weighted by molar-refractivity contribution is 7.09. The van der Waals surface area contributed by atoms with Crippen molar-refractivity contribution in [2.24, 2.45) is 5.73 Å². The Balaban J connectivity index is 2.08. The molecule has 1 fully saturated rings. The van der Waals surface area contributed by atoms with Crippen LogP contribution in [-0.4, -0.2) is 51.3 Å². The van der Waals surface area contributed by atoms with E-state index >= 15 is 0 Å². The number of carbonyl (C=O) groups excluding carboxylic acids is 1. The number of β-amino-alcohol motifs (C(OH)–C–C–N with tert-alkyl or cyclic N) is 2. The third-order valence-electron chi connectivity index (χ3n) is 2.49. The van der Waals surface area contributed by atoms with Gasteiger partial charge in [-0.25, -0.2) is 4.98 Å². The van der Waals surface area contributed by atoms with E-state index in [9.17, 15) is 15.0 Å². The lowest BCUT2D eigenvalue weighted by Gasteiger charge is -2.13. The fourth-order valence-corrected chi connectivity index (χ4v) is 2.25. The van der Waals surface area contributed by atoms with Crippen LogP contribution in [0.3, 0.4) is 0 Å². The summed E-state index contributed by atoms with van der Waals surface area (Å²) in [4.78, 5) is 17.3. The van der Waals surface area contributed by atoms with Gasteiger partial charge in [-0.15, -0.1) is 11.3 Å². The fraction of sp³-hybridized carbons (Fsp3) is 0.556. The first-order chi connectivity index (χ1) is 7.61. The molecule has 88 valence electrons. The number of aliphatic hydroxyl groups is 2. The van der Waals surface area contributed by atoms with Crippen LogP contribution >= 0.6 is 11.3 Å². The molecule has 1 aliphatic heterocycles. The highest BCUT2D eigenvalue weighted by atomic mass is 32.1. The van der Waals surface area contributed by atoms with Crippen molar-refractivity contribution in [3.63, 3.8) is 0 Å². The zero-order chi connectivity index (χ0) is 11.7. The van der Waals surface area contributed by atoms with Gasteiger partial charge in [-0.3, -0.25) is 4.79 Å². The van der Waals surface area contributed by atoms with Gasteiger partial charge in [-0.2, -0.15) is 0 Å². The van der Waals surface area contributed by atoms with Crippen molar-refractivity contribution in [2.75, 3.05) is 13.1 Å². The zero-order valence-corrected chi connectivity index (χ0v) is 9.35. The van der Waals surface area contributed by atoms with Crippen LogP contribution < -0.4 is 5.73 Å². The van der Waals surface area contributed by atoms with Gasteiger partial charge in [0.2, 0.25) is 0 Å². The van der Waals surface area contributed by atoms with Crippen molar-refractivity contribution in [2.45, 2.75) is 18.8 Å². The second kappa shape index (κ2) is 4.46. The molecule has 16 heavy (non-hydrogen) atoms. The van der Waals surface area contributed by atoms with Gasteiger partial charge in [0.25, 0.3) is 5.91 Å². The molecule has 1 aromatic heterocycles. The smallest absolute Gasteiger partial charge is 0.273 e. The summed E-state index contributed by atoms with van der Waals surface area (Å²) in [6.45, 7) is 0.605. The zero-order valence-electron chi connectivity index (χ0n) is 8.54. The number of aromatic nitrogens is 1. The minimum Gasteiger partial charge on any atom is -0.388 e. The van der Waals surface area contributed by atoms with Gasteiger partial charge in [0.05, 0.1) is 12.2 Å². The number of hydrogen-bond donors (Lipinski definition) is 3. The van der Waals surface area contributed by atoms with Gasteiger partial charge in [0.15, 0.2) is 0 Å². The summed E-state index contributed by atoms with van der Waals surface area (Å²) in [5.74, 6) is -0.272. The Morgan fingerprint density at radius 1 is 1.56 bits per heavy atom. The average molecular weight is 243 g/mol. The van der Waals surface area contributed by atoms with Crippen LogP contribution in [0.25, 0.3) is 0 Å². The summed E-state index contributed by atoms with van der Waals surface area (Å²) >= 11 is 1.33. The van der Waals surface area contributed by atoms with Crippen LogP contribution in [0.4, 0.5) is 0 Å². The number of likely N-dealkylation sites (tertiary alicyclic amines) is 1. The molecule has 0 unspecified atom stereocenters. The Morgan fingerprint density at radius 3 is 2.69 bits per heavy atom. The molecule has 6 nitrogen and oxygen atoms in total. The van der Waals surface area contributed by atoms with Gasteiger partial charge in [0, 0.05) is 25.0 Å². The van der Waals surface area contributed by atoms with Crippen LogP contribution in [0.5, 0.6) is 0 Å². The third-order valence-corrected chi connectivity index (χ3v) is 3.36. The molecule has 2 atom stereocenters. The highest BCUT2D eigenvalue weighted by Gasteiger charge is 2.33. The lowest BCUT2D eigenvalue weighted by Crippen LogP contribution is -2.30. The molecule has 1 amide bonds. The second-order valence-electron chi connectivity index (χ2n) is 3.68. The van der Waals surface area contributed by atoms with Crippen LogP contribution in [0, 0.1) is 0 Å². The van der Waals surface area contributed by atoms with Crippen molar-refractivity contribution in [1.29, 1.82) is 0 Å². The topological polar surface area (TPSA) is 99.7 Å². The Bertz CT molecular complexity index is 385. The molecule has 1 aromatic rings. The van der Waals surface area contributed by atoms with Crippen molar-refractivity contribution in [3.8, 4) is 0 Å². The van der Waals surface area contributed by atoms with E-state index in [0.717, 1.165) is 0 Å². The Morgan fingerprint density at radius 2 is 2.19 bits per heavy atom. The second-order valence-corrected chi connectivity index (χ2v) is 4.62. The van der Waals surface area contributed by atoms with Gasteiger partial charge >= 0.3 is 0 Å². The van der Waals surface area contributed by atoms with Crippen molar-refractivity contribution in [3.05, 3.63) is 16.1 Å². The summed E-state index contributed by atoms with van der Waals surface area (Å²) in [6, 6.07) is 0. The van der Waals surface area contributed by atoms with E-state index in [4.69, 9.17) is 5.73 Å². The maximum atomic E-state index is 11.9. The molecule has 1 aliphatic rings. The summed E-state index contributed by atoms with van der Waals surface area (Å²) in [7, 11) is 0. The number of nitrogens with two attached hydrogens (primary N) is 1. The summed E-state index contributed by atoms with van der Waals surface area (Å²) in [5, 5.41) is 21.0. The van der Waals surface area contributed by atoms with Crippen molar-refractivity contribution >= 4 is 17.2 Å². The van der Waals surface area contributed by atoms with Gasteiger partial charge in [-0.1, -0.05) is 0 Å². The molecule has 0 saturated carbocycles. The molecule has 2 heterocycles. The van der Waals surface area contributed by atoms with E-state index in [1.165, 1.54) is 16.2 Å². The molecule has 2 rings (SSSR count). The predicted octanol–water partition coefficient (Wildman–Crippen LogP) is -1.22. The molecule has 1 saturated heterocycles. The summed E-state index contributed by atoms with van der Waals surface area (Å²) in [5.41, 5.74) is 5.73. The third kappa shape index (κ3) is 2.07. The minimum atomic E-state index is -0.864. The lowest BCUT2D eigenvalue weighted by molar-refractivity contribution is 0.0572. The lowest BCUT2D eigenvalue weighted by atomic mass is 10.3. The Hall–Kier alpha value is -1.02. The number of carbonyl (C=O) groups is 1. The first kappa shape index (κ1) is 11.5. The van der Waals surface area contributed by atoms with Crippen LogP contribution in [0.1, 0.15) is 15.5 Å². The SMILES string of the molecule is NCc1nc(C(=O)N2C[C@@H](O)[C@@H](O)C2)cs1. The quantitative estimate of drug-likeness (QED) is 0.604. The van der Waals surface area contributed by atoms with Gasteiger partial charge < -0.3 is 20.8 Å². The number of amides is 1. The molecule has 0 spiro atoms. The van der Waals surface area contributed by atoms with E-state index in [-0.39, 0.29) is 19.0 Å². The van der Waals surface area contributed by atoms with E-state index in [0.29, 0.717) is 17.2 Å². The first-order valence-corrected chi connectivity index (χ1v) is 5.79. The van der Waals surface area contributed by atoms with E-state index in [2.05, 4.69) is 4.98 Å². The van der Waals surface area contributed by atoms with E-state index in [1.54, 1.807) is 5.38 Å². The molecule has 0 bridgehead atoms. The molecule has 0 aromatic carbocycles. The van der Waals surface area contributed by atoms with Crippen LogP contribution in [-0.2, 0) is 6.54 Å². The number of thiazole rings is 1. The van der Waals surface area contributed by atoms with E-state index < -0.39 is 12.2 Å². The number of hydrogen-bond acceptors (Lipinski definition) is 6. The normalized spacial score (nSPS) is 25.1. The molecule has 0 radical (unpaired) electrons. The minimum absolute atomic E-state index is 0.148. The number of aliphatic hydroxyl groups excluding tert-OH is 2. The maximum Gasteiger partial charge on any atom is 0.273 e. The largest absolute Gasteiger partial charge is 0.388 e. The molecular weight excluding hydrogens is 230 g/mol. The fourth-order valence-electron chi connectivity index (χ4n) is 1.60. The Kier molecular flexibility index (Phi) is 3.20. The number of rotatable bonds is 2. The summed E-state index contributed by atoms with van der Waals surface area (Å²) in [6.07, 6.45) is -1.73. The maximum absolute atomic E-state index is 11.9. The standard InChI is InChI=1S/C9H13N3O3S/c10-1-8-11-5(4-16-8)9(15)12-2-6(13)7(14)3-12/h4,6-7,13-14H,1-3,10H2/t6-,7+. The van der Waals surface area contributed by atoms with Gasteiger partial charge in [0.1, 0.15) is 10.7 Å².